The van der Waals surface area contributed by atoms with E-state index in [1.807, 2.05) is 0 Å². The van der Waals surface area contributed by atoms with Crippen molar-refractivity contribution in [3.63, 3.8) is 0 Å². The number of benzene rings is 1. The highest BCUT2D eigenvalue weighted by Gasteiger charge is 2.04. The molecule has 3 N–H and O–H groups in total. The SMILES string of the molecule is CC(=O)c1cccc(NC(=O)NCc2ncc[nH]2)c1. The molecular weight excluding hydrogens is 244 g/mol. The Morgan fingerprint density at radius 1 is 1.37 bits per heavy atom. The molecule has 0 saturated heterocycles. The van der Waals surface area contributed by atoms with Crippen LogP contribution in [0.5, 0.6) is 0 Å². The number of ketones is 1. The van der Waals surface area contributed by atoms with Crippen molar-refractivity contribution in [2.75, 3.05) is 5.32 Å². The number of nitrogens with zero attached hydrogens (tertiary/aromatic N) is 1. The Kier molecular flexibility index (Phi) is 3.92. The fourth-order valence-electron chi connectivity index (χ4n) is 1.55. The van der Waals surface area contributed by atoms with E-state index in [4.69, 9.17) is 0 Å². The van der Waals surface area contributed by atoms with Crippen molar-refractivity contribution in [2.24, 2.45) is 0 Å². The van der Waals surface area contributed by atoms with Gasteiger partial charge in [0.15, 0.2) is 5.78 Å². The van der Waals surface area contributed by atoms with E-state index in [2.05, 4.69) is 20.6 Å². The van der Waals surface area contributed by atoms with Crippen molar-refractivity contribution in [3.8, 4) is 0 Å². The average Bonchev–Trinajstić information content (AvgIpc) is 2.90. The zero-order valence-corrected chi connectivity index (χ0v) is 10.4. The standard InChI is InChI=1S/C13H14N4O2/c1-9(18)10-3-2-4-11(7-10)17-13(19)16-8-12-14-5-6-15-12/h2-7H,8H2,1H3,(H,14,15)(H2,16,17,19). The van der Waals surface area contributed by atoms with Crippen LogP contribution < -0.4 is 10.6 Å². The van der Waals surface area contributed by atoms with E-state index in [9.17, 15) is 9.59 Å². The van der Waals surface area contributed by atoms with Crippen molar-refractivity contribution in [2.45, 2.75) is 13.5 Å². The highest BCUT2D eigenvalue weighted by Crippen LogP contribution is 2.10. The van der Waals surface area contributed by atoms with E-state index < -0.39 is 0 Å². The molecule has 1 aromatic carbocycles. The summed E-state index contributed by atoms with van der Waals surface area (Å²) < 4.78 is 0. The first kappa shape index (κ1) is 12.8. The van der Waals surface area contributed by atoms with Crippen LogP contribution in [0.4, 0.5) is 10.5 Å². The smallest absolute Gasteiger partial charge is 0.319 e. The maximum Gasteiger partial charge on any atom is 0.319 e. The second-order valence-electron chi connectivity index (χ2n) is 3.98. The molecule has 1 heterocycles. The lowest BCUT2D eigenvalue weighted by Crippen LogP contribution is -2.28. The predicted molar refractivity (Wildman–Crippen MR) is 70.9 cm³/mol. The van der Waals surface area contributed by atoms with Crippen LogP contribution in [0.25, 0.3) is 0 Å². The predicted octanol–water partition coefficient (Wildman–Crippen LogP) is 1.93. The fraction of sp³-hybridized carbons (Fsp3) is 0.154. The number of urea groups is 1. The number of H-pyrrole nitrogens is 1. The lowest BCUT2D eigenvalue weighted by molar-refractivity contribution is 0.101. The van der Waals surface area contributed by atoms with Crippen LogP contribution in [0.1, 0.15) is 23.1 Å². The number of carbonyl (C=O) groups is 2. The average molecular weight is 258 g/mol. The molecule has 0 aliphatic carbocycles. The van der Waals surface area contributed by atoms with Gasteiger partial charge in [-0.3, -0.25) is 4.79 Å². The van der Waals surface area contributed by atoms with E-state index in [0.717, 1.165) is 0 Å². The Balaban J connectivity index is 1.91. The maximum absolute atomic E-state index is 11.6. The van der Waals surface area contributed by atoms with Crippen LogP contribution in [-0.2, 0) is 6.54 Å². The molecule has 0 spiro atoms. The van der Waals surface area contributed by atoms with Crippen molar-refractivity contribution in [1.29, 1.82) is 0 Å². The summed E-state index contributed by atoms with van der Waals surface area (Å²) >= 11 is 0. The number of imidazole rings is 1. The molecule has 0 fully saturated rings. The molecule has 2 rings (SSSR count). The van der Waals surface area contributed by atoms with Crippen molar-refractivity contribution in [1.82, 2.24) is 15.3 Å². The van der Waals surface area contributed by atoms with Crippen LogP contribution in [0.15, 0.2) is 36.7 Å². The molecule has 0 unspecified atom stereocenters. The van der Waals surface area contributed by atoms with Gasteiger partial charge in [0.2, 0.25) is 0 Å². The topological polar surface area (TPSA) is 86.9 Å². The Bertz CT molecular complexity index is 578. The minimum absolute atomic E-state index is 0.0420. The minimum Gasteiger partial charge on any atom is -0.347 e. The lowest BCUT2D eigenvalue weighted by atomic mass is 10.1. The van der Waals surface area contributed by atoms with Gasteiger partial charge in [-0.15, -0.1) is 0 Å². The zero-order chi connectivity index (χ0) is 13.7. The van der Waals surface area contributed by atoms with E-state index in [-0.39, 0.29) is 11.8 Å². The third kappa shape index (κ3) is 3.67. The zero-order valence-electron chi connectivity index (χ0n) is 10.4. The van der Waals surface area contributed by atoms with Crippen LogP contribution in [0, 0.1) is 0 Å². The normalized spacial score (nSPS) is 9.95. The largest absolute Gasteiger partial charge is 0.347 e. The summed E-state index contributed by atoms with van der Waals surface area (Å²) in [6.07, 6.45) is 3.30. The number of carbonyl (C=O) groups excluding carboxylic acids is 2. The second-order valence-corrected chi connectivity index (χ2v) is 3.98. The maximum atomic E-state index is 11.6. The van der Waals surface area contributed by atoms with Gasteiger partial charge in [0.1, 0.15) is 5.82 Å². The molecule has 6 heteroatoms. The van der Waals surface area contributed by atoms with Crippen LogP contribution in [0.3, 0.4) is 0 Å². The van der Waals surface area contributed by atoms with Gasteiger partial charge in [-0.05, 0) is 19.1 Å². The molecule has 0 radical (unpaired) electrons. The number of rotatable bonds is 4. The molecule has 0 bridgehead atoms. The highest BCUT2D eigenvalue weighted by atomic mass is 16.2. The van der Waals surface area contributed by atoms with E-state index >= 15 is 0 Å². The van der Waals surface area contributed by atoms with Gasteiger partial charge in [-0.25, -0.2) is 9.78 Å². The molecule has 0 atom stereocenters. The van der Waals surface area contributed by atoms with Crippen LogP contribution in [-0.4, -0.2) is 21.8 Å². The number of amides is 2. The number of aromatic nitrogens is 2. The molecule has 2 amide bonds. The Labute approximate surface area is 110 Å². The number of aromatic amines is 1. The number of Topliss-reactive ketones (excluding diaryl/α,β-unsaturated/α-hetero) is 1. The Hall–Kier alpha value is -2.63. The van der Waals surface area contributed by atoms with E-state index in [1.165, 1.54) is 6.92 Å². The first-order valence-corrected chi connectivity index (χ1v) is 5.79. The van der Waals surface area contributed by atoms with Gasteiger partial charge in [0.25, 0.3) is 0 Å². The molecule has 1 aromatic heterocycles. The summed E-state index contributed by atoms with van der Waals surface area (Å²) in [5.41, 5.74) is 1.13. The monoisotopic (exact) mass is 258 g/mol. The van der Waals surface area contributed by atoms with Gasteiger partial charge < -0.3 is 15.6 Å². The minimum atomic E-state index is -0.350. The number of anilines is 1. The molecule has 6 nitrogen and oxygen atoms in total. The number of hydrogen-bond acceptors (Lipinski definition) is 3. The van der Waals surface area contributed by atoms with E-state index in [1.54, 1.807) is 36.7 Å². The van der Waals surface area contributed by atoms with Gasteiger partial charge >= 0.3 is 6.03 Å². The van der Waals surface area contributed by atoms with Crippen molar-refractivity contribution in [3.05, 3.63) is 48.0 Å². The molecule has 19 heavy (non-hydrogen) atoms. The third-order valence-corrected chi connectivity index (χ3v) is 2.50. The lowest BCUT2D eigenvalue weighted by Gasteiger charge is -2.07. The fourth-order valence-corrected chi connectivity index (χ4v) is 1.55. The van der Waals surface area contributed by atoms with Gasteiger partial charge in [-0.2, -0.15) is 0 Å². The van der Waals surface area contributed by atoms with Crippen molar-refractivity contribution < 1.29 is 9.59 Å². The third-order valence-electron chi connectivity index (χ3n) is 2.50. The number of nitrogens with one attached hydrogen (secondary N) is 3. The van der Waals surface area contributed by atoms with Gasteiger partial charge in [0, 0.05) is 23.6 Å². The molecule has 98 valence electrons. The summed E-state index contributed by atoms with van der Waals surface area (Å²) in [4.78, 5) is 29.7. The van der Waals surface area contributed by atoms with Gasteiger partial charge in [0.05, 0.1) is 6.54 Å². The summed E-state index contributed by atoms with van der Waals surface area (Å²) in [6.45, 7) is 1.79. The summed E-state index contributed by atoms with van der Waals surface area (Å²) in [5.74, 6) is 0.632. The highest BCUT2D eigenvalue weighted by molar-refractivity contribution is 5.96. The van der Waals surface area contributed by atoms with Crippen LogP contribution in [0.2, 0.25) is 0 Å². The summed E-state index contributed by atoms with van der Waals surface area (Å²) in [7, 11) is 0. The number of hydrogen-bond donors (Lipinski definition) is 3. The first-order valence-electron chi connectivity index (χ1n) is 5.79. The summed E-state index contributed by atoms with van der Waals surface area (Å²) in [5, 5.41) is 5.31. The van der Waals surface area contributed by atoms with E-state index in [0.29, 0.717) is 23.6 Å². The molecule has 0 saturated carbocycles. The quantitative estimate of drug-likeness (QED) is 0.732. The molecule has 2 aromatic rings. The first-order chi connectivity index (χ1) is 9.15. The molecular formula is C13H14N4O2. The summed E-state index contributed by atoms with van der Waals surface area (Å²) in [6, 6.07) is 6.43. The van der Waals surface area contributed by atoms with Gasteiger partial charge in [-0.1, -0.05) is 12.1 Å². The van der Waals surface area contributed by atoms with Crippen molar-refractivity contribution >= 4 is 17.5 Å². The second kappa shape index (κ2) is 5.81. The molecule has 0 aliphatic heterocycles. The van der Waals surface area contributed by atoms with Crippen LogP contribution >= 0.6 is 0 Å². The Morgan fingerprint density at radius 3 is 2.89 bits per heavy atom. The Morgan fingerprint density at radius 2 is 2.21 bits per heavy atom. The molecule has 0 aliphatic rings.